The van der Waals surface area contributed by atoms with Crippen LogP contribution < -0.4 is 4.74 Å². The molecule has 3 aromatic rings. The molecule has 166 valence electrons. The summed E-state index contributed by atoms with van der Waals surface area (Å²) in [6, 6.07) is 17.2. The second kappa shape index (κ2) is 9.53. The molecule has 33 heavy (non-hydrogen) atoms. The molecule has 6 nitrogen and oxygen atoms in total. The summed E-state index contributed by atoms with van der Waals surface area (Å²) < 4.78 is 5.49. The van der Waals surface area contributed by atoms with Gasteiger partial charge in [0.25, 0.3) is 11.7 Å². The molecule has 0 spiro atoms. The van der Waals surface area contributed by atoms with E-state index in [1.54, 1.807) is 48.8 Å². The van der Waals surface area contributed by atoms with Crippen LogP contribution in [-0.2, 0) is 16.1 Å². The standard InChI is InChI=1S/C27H24N2O4/c1-3-15-33-22-12-10-21(11-13-22)25(30)23-24(20-8-6-18(2)7-9-20)29(27(32)26(23)31)17-19-5-4-14-28-16-19/h3-14,16,24,30H,1,15,17H2,2H3/b25-23-. The maximum absolute atomic E-state index is 13.1. The number of aliphatic hydroxyl groups excluding tert-OH is 1. The van der Waals surface area contributed by atoms with Crippen molar-refractivity contribution in [1.82, 2.24) is 9.88 Å². The molecule has 1 aliphatic heterocycles. The summed E-state index contributed by atoms with van der Waals surface area (Å²) >= 11 is 0. The van der Waals surface area contributed by atoms with Crippen molar-refractivity contribution >= 4 is 17.4 Å². The van der Waals surface area contributed by atoms with Crippen LogP contribution in [0, 0.1) is 6.92 Å². The van der Waals surface area contributed by atoms with E-state index in [-0.39, 0.29) is 17.9 Å². The average Bonchev–Trinajstić information content (AvgIpc) is 3.08. The number of pyridine rings is 1. The SMILES string of the molecule is C=CCOc1ccc(/C(O)=C2/C(=O)C(=O)N(Cc3cccnc3)C2c2ccc(C)cc2)cc1. The molecule has 1 amide bonds. The summed E-state index contributed by atoms with van der Waals surface area (Å²) in [5, 5.41) is 11.2. The number of Topliss-reactive ketones (excluding diaryl/α,β-unsaturated/α-hetero) is 1. The second-order valence-electron chi connectivity index (χ2n) is 7.82. The van der Waals surface area contributed by atoms with Crippen LogP contribution in [0.5, 0.6) is 5.75 Å². The molecule has 2 heterocycles. The molecule has 4 rings (SSSR count). The van der Waals surface area contributed by atoms with E-state index in [0.717, 1.165) is 16.7 Å². The topological polar surface area (TPSA) is 79.7 Å². The fourth-order valence-electron chi connectivity index (χ4n) is 3.85. The number of hydrogen-bond acceptors (Lipinski definition) is 5. The first-order valence-corrected chi connectivity index (χ1v) is 10.6. The van der Waals surface area contributed by atoms with E-state index in [4.69, 9.17) is 4.74 Å². The van der Waals surface area contributed by atoms with Crippen LogP contribution >= 0.6 is 0 Å². The summed E-state index contributed by atoms with van der Waals surface area (Å²) in [5.41, 5.74) is 3.08. The lowest BCUT2D eigenvalue weighted by molar-refractivity contribution is -0.140. The Morgan fingerprint density at radius 2 is 1.85 bits per heavy atom. The van der Waals surface area contributed by atoms with Crippen LogP contribution in [0.25, 0.3) is 5.76 Å². The number of aliphatic hydroxyl groups is 1. The van der Waals surface area contributed by atoms with Gasteiger partial charge in [0.1, 0.15) is 18.1 Å². The average molecular weight is 440 g/mol. The first-order valence-electron chi connectivity index (χ1n) is 10.6. The fraction of sp³-hybridized carbons (Fsp3) is 0.148. The van der Waals surface area contributed by atoms with Crippen molar-refractivity contribution in [3.8, 4) is 5.75 Å². The maximum Gasteiger partial charge on any atom is 0.295 e. The predicted molar refractivity (Wildman–Crippen MR) is 125 cm³/mol. The summed E-state index contributed by atoms with van der Waals surface area (Å²) in [5.74, 6) is -0.979. The van der Waals surface area contributed by atoms with Crippen molar-refractivity contribution in [1.29, 1.82) is 0 Å². The molecule has 1 unspecified atom stereocenters. The number of amides is 1. The molecule has 0 aliphatic carbocycles. The third-order valence-corrected chi connectivity index (χ3v) is 5.50. The first kappa shape index (κ1) is 22.0. The number of hydrogen-bond donors (Lipinski definition) is 1. The largest absolute Gasteiger partial charge is 0.507 e. The van der Waals surface area contributed by atoms with E-state index in [9.17, 15) is 14.7 Å². The van der Waals surface area contributed by atoms with E-state index < -0.39 is 17.7 Å². The van der Waals surface area contributed by atoms with Crippen molar-refractivity contribution in [3.05, 3.63) is 114 Å². The second-order valence-corrected chi connectivity index (χ2v) is 7.82. The molecule has 1 N–H and O–H groups in total. The number of carbonyl (C=O) groups excluding carboxylic acids is 2. The van der Waals surface area contributed by atoms with Crippen LogP contribution in [0.2, 0.25) is 0 Å². The normalized spacial score (nSPS) is 17.2. The van der Waals surface area contributed by atoms with Crippen molar-refractivity contribution in [2.24, 2.45) is 0 Å². The van der Waals surface area contributed by atoms with E-state index in [0.29, 0.717) is 17.9 Å². The van der Waals surface area contributed by atoms with Gasteiger partial charge in [0.2, 0.25) is 0 Å². The first-order chi connectivity index (χ1) is 16.0. The predicted octanol–water partition coefficient (Wildman–Crippen LogP) is 4.58. The fourth-order valence-corrected chi connectivity index (χ4v) is 3.85. The summed E-state index contributed by atoms with van der Waals surface area (Å²) in [4.78, 5) is 31.8. The molecule has 1 fully saturated rings. The number of aryl methyl sites for hydroxylation is 1. The van der Waals surface area contributed by atoms with E-state index >= 15 is 0 Å². The van der Waals surface area contributed by atoms with Gasteiger partial charge in [-0.1, -0.05) is 48.6 Å². The maximum atomic E-state index is 13.1. The Bertz CT molecular complexity index is 1200. The summed E-state index contributed by atoms with van der Waals surface area (Å²) in [6.45, 7) is 6.14. The number of rotatable bonds is 7. The highest BCUT2D eigenvalue weighted by Gasteiger charge is 2.46. The number of likely N-dealkylation sites (tertiary alicyclic amines) is 1. The lowest BCUT2D eigenvalue weighted by Crippen LogP contribution is -2.29. The quantitative estimate of drug-likeness (QED) is 0.252. The minimum atomic E-state index is -0.720. The van der Waals surface area contributed by atoms with E-state index in [1.807, 2.05) is 37.3 Å². The van der Waals surface area contributed by atoms with Crippen LogP contribution in [0.3, 0.4) is 0 Å². The zero-order valence-corrected chi connectivity index (χ0v) is 18.3. The number of ether oxygens (including phenoxy) is 1. The van der Waals surface area contributed by atoms with Crippen LogP contribution in [0.1, 0.15) is 28.3 Å². The molecular weight excluding hydrogens is 416 g/mol. The van der Waals surface area contributed by atoms with Gasteiger partial charge in [0.05, 0.1) is 11.6 Å². The molecule has 0 saturated carbocycles. The summed E-state index contributed by atoms with van der Waals surface area (Å²) in [7, 11) is 0. The Balaban J connectivity index is 1.78. The molecule has 0 radical (unpaired) electrons. The van der Waals surface area contributed by atoms with E-state index in [2.05, 4.69) is 11.6 Å². The van der Waals surface area contributed by atoms with Gasteiger partial charge in [0, 0.05) is 24.5 Å². The monoisotopic (exact) mass is 440 g/mol. The van der Waals surface area contributed by atoms with Crippen molar-refractivity contribution in [2.45, 2.75) is 19.5 Å². The van der Waals surface area contributed by atoms with Crippen molar-refractivity contribution in [2.75, 3.05) is 6.61 Å². The number of nitrogens with zero attached hydrogens (tertiary/aromatic N) is 2. The molecule has 1 atom stereocenters. The number of carbonyl (C=O) groups is 2. The molecule has 0 bridgehead atoms. The van der Waals surface area contributed by atoms with Gasteiger partial charge in [-0.2, -0.15) is 0 Å². The van der Waals surface area contributed by atoms with Crippen molar-refractivity contribution < 1.29 is 19.4 Å². The zero-order valence-electron chi connectivity index (χ0n) is 18.3. The molecule has 1 saturated heterocycles. The number of ketones is 1. The molecule has 1 aliphatic rings. The van der Waals surface area contributed by atoms with Gasteiger partial charge < -0.3 is 14.7 Å². The van der Waals surface area contributed by atoms with Crippen LogP contribution in [0.15, 0.2) is 91.3 Å². The van der Waals surface area contributed by atoms with Gasteiger partial charge in [-0.25, -0.2) is 0 Å². The lowest BCUT2D eigenvalue weighted by Gasteiger charge is -2.25. The molecule has 1 aromatic heterocycles. The van der Waals surface area contributed by atoms with Gasteiger partial charge in [-0.05, 0) is 48.4 Å². The molecule has 2 aromatic carbocycles. The minimum absolute atomic E-state index is 0.0625. The van der Waals surface area contributed by atoms with Crippen LogP contribution in [-0.4, -0.2) is 33.3 Å². The Morgan fingerprint density at radius 3 is 2.48 bits per heavy atom. The Hall–Kier alpha value is -4.19. The highest BCUT2D eigenvalue weighted by atomic mass is 16.5. The van der Waals surface area contributed by atoms with Crippen molar-refractivity contribution in [3.63, 3.8) is 0 Å². The third-order valence-electron chi connectivity index (χ3n) is 5.50. The lowest BCUT2D eigenvalue weighted by atomic mass is 9.94. The highest BCUT2D eigenvalue weighted by molar-refractivity contribution is 6.46. The van der Waals surface area contributed by atoms with E-state index in [1.165, 1.54) is 4.90 Å². The van der Waals surface area contributed by atoms with Gasteiger partial charge in [-0.15, -0.1) is 0 Å². The number of benzene rings is 2. The zero-order chi connectivity index (χ0) is 23.4. The van der Waals surface area contributed by atoms with Gasteiger partial charge in [-0.3, -0.25) is 14.6 Å². The number of aromatic nitrogens is 1. The van der Waals surface area contributed by atoms with Gasteiger partial charge in [0.15, 0.2) is 0 Å². The molecular formula is C27H24N2O4. The van der Waals surface area contributed by atoms with Crippen LogP contribution in [0.4, 0.5) is 0 Å². The Labute approximate surface area is 192 Å². The third kappa shape index (κ3) is 4.55. The minimum Gasteiger partial charge on any atom is -0.507 e. The Morgan fingerprint density at radius 1 is 1.12 bits per heavy atom. The van der Waals surface area contributed by atoms with Gasteiger partial charge >= 0.3 is 0 Å². The molecule has 6 heteroatoms. The smallest absolute Gasteiger partial charge is 0.295 e. The summed E-state index contributed by atoms with van der Waals surface area (Å²) in [6.07, 6.45) is 4.95. The Kier molecular flexibility index (Phi) is 6.36. The highest BCUT2D eigenvalue weighted by Crippen LogP contribution is 2.40.